The van der Waals surface area contributed by atoms with Gasteiger partial charge >= 0.3 is 0 Å². The number of carbonyl (C=O) groups excluding carboxylic acids is 3. The number of ketones is 1. The molecule has 2 amide bonds. The summed E-state index contributed by atoms with van der Waals surface area (Å²) in [5, 5.41) is 2.92. The molecule has 0 aliphatic carbocycles. The molecule has 0 spiro atoms. The van der Waals surface area contributed by atoms with E-state index in [1.54, 1.807) is 30.3 Å². The number of ether oxygens (including phenoxy) is 1. The van der Waals surface area contributed by atoms with Crippen molar-refractivity contribution in [3.63, 3.8) is 0 Å². The van der Waals surface area contributed by atoms with E-state index in [1.165, 1.54) is 31.1 Å². The molecule has 218 valence electrons. The van der Waals surface area contributed by atoms with Gasteiger partial charge in [0.1, 0.15) is 18.3 Å². The molecular weight excluding hydrogens is 542 g/mol. The topological polar surface area (TPSA) is 113 Å². The van der Waals surface area contributed by atoms with Crippen LogP contribution in [-0.4, -0.2) is 62.9 Å². The van der Waals surface area contributed by atoms with Crippen LogP contribution in [0.5, 0.6) is 5.75 Å². The lowest BCUT2D eigenvalue weighted by Crippen LogP contribution is -2.54. The van der Waals surface area contributed by atoms with E-state index in [-0.39, 0.29) is 36.4 Å². The monoisotopic (exact) mass is 579 g/mol. The molecule has 0 saturated carbocycles. The summed E-state index contributed by atoms with van der Waals surface area (Å²) >= 11 is 0. The van der Waals surface area contributed by atoms with Crippen LogP contribution < -0.4 is 14.4 Å². The highest BCUT2D eigenvalue weighted by atomic mass is 32.2. The third-order valence-electron chi connectivity index (χ3n) is 6.41. The van der Waals surface area contributed by atoms with Gasteiger partial charge in [-0.3, -0.25) is 18.7 Å². The quantitative estimate of drug-likeness (QED) is 0.308. The summed E-state index contributed by atoms with van der Waals surface area (Å²) < 4.78 is 32.2. The molecule has 0 saturated heterocycles. The number of methoxy groups -OCH3 is 1. The first-order chi connectivity index (χ1) is 19.4. The first kappa shape index (κ1) is 31.3. The molecular formula is C31H37N3O6S. The number of benzene rings is 3. The van der Waals surface area contributed by atoms with E-state index in [0.29, 0.717) is 16.9 Å². The Morgan fingerprint density at radius 3 is 2.17 bits per heavy atom. The summed E-state index contributed by atoms with van der Waals surface area (Å²) in [7, 11) is -2.41. The Balaban J connectivity index is 2.09. The first-order valence-electron chi connectivity index (χ1n) is 13.2. The normalized spacial score (nSPS) is 12.0. The van der Waals surface area contributed by atoms with Crippen LogP contribution in [-0.2, 0) is 32.6 Å². The lowest BCUT2D eigenvalue weighted by molar-refractivity contribution is -0.140. The number of hydrogen-bond donors (Lipinski definition) is 1. The molecule has 0 bridgehead atoms. The molecule has 1 N–H and O–H groups in total. The van der Waals surface area contributed by atoms with Crippen LogP contribution in [0.2, 0.25) is 0 Å². The lowest BCUT2D eigenvalue weighted by Gasteiger charge is -2.34. The molecule has 0 aromatic heterocycles. The number of amides is 2. The Kier molecular flexibility index (Phi) is 10.7. The number of nitrogens with one attached hydrogen (secondary N) is 1. The Morgan fingerprint density at radius 1 is 0.902 bits per heavy atom. The molecule has 9 nitrogen and oxygen atoms in total. The fourth-order valence-electron chi connectivity index (χ4n) is 4.40. The molecule has 0 heterocycles. The van der Waals surface area contributed by atoms with Gasteiger partial charge in [0.05, 0.1) is 19.1 Å². The first-order valence-corrected chi connectivity index (χ1v) is 15.1. The minimum absolute atomic E-state index is 0.0319. The minimum Gasteiger partial charge on any atom is -0.497 e. The van der Waals surface area contributed by atoms with Crippen molar-refractivity contribution in [1.82, 2.24) is 10.2 Å². The van der Waals surface area contributed by atoms with Crippen molar-refractivity contribution >= 4 is 33.3 Å². The molecule has 0 aliphatic rings. The van der Waals surface area contributed by atoms with Crippen LogP contribution in [0.25, 0.3) is 0 Å². The van der Waals surface area contributed by atoms with Gasteiger partial charge in [-0.15, -0.1) is 0 Å². The van der Waals surface area contributed by atoms with E-state index in [4.69, 9.17) is 4.74 Å². The summed E-state index contributed by atoms with van der Waals surface area (Å²) in [5.74, 6) is -0.588. The van der Waals surface area contributed by atoms with Gasteiger partial charge < -0.3 is 15.0 Å². The maximum Gasteiger partial charge on any atom is 0.244 e. The predicted octanol–water partition coefficient (Wildman–Crippen LogP) is 3.83. The molecule has 0 radical (unpaired) electrons. The maximum absolute atomic E-state index is 14.1. The standard InChI is InChI=1S/C31H37N3O6S/c1-22(2)32-31(37)29(18-24-11-7-6-8-12-24)33(20-25-13-9-16-28(17-25)40-4)30(36)21-34(41(5,38)39)27-15-10-14-26(19-27)23(3)35/h6-17,19,22,29H,18,20-21H2,1-5H3,(H,32,37)/t29-/m1/s1. The highest BCUT2D eigenvalue weighted by Gasteiger charge is 2.33. The van der Waals surface area contributed by atoms with E-state index >= 15 is 0 Å². The van der Waals surface area contributed by atoms with Gasteiger partial charge in [0.25, 0.3) is 0 Å². The third-order valence-corrected chi connectivity index (χ3v) is 7.55. The largest absolute Gasteiger partial charge is 0.497 e. The van der Waals surface area contributed by atoms with E-state index in [1.807, 2.05) is 50.2 Å². The molecule has 3 aromatic carbocycles. The summed E-state index contributed by atoms with van der Waals surface area (Å²) in [6, 6.07) is 21.5. The summed E-state index contributed by atoms with van der Waals surface area (Å²) in [4.78, 5) is 41.1. The van der Waals surface area contributed by atoms with Gasteiger partial charge in [-0.2, -0.15) is 0 Å². The molecule has 10 heteroatoms. The smallest absolute Gasteiger partial charge is 0.244 e. The number of nitrogens with zero attached hydrogens (tertiary/aromatic N) is 2. The Bertz CT molecular complexity index is 1470. The average Bonchev–Trinajstić information content (AvgIpc) is 2.93. The van der Waals surface area contributed by atoms with Crippen molar-refractivity contribution < 1.29 is 27.5 Å². The zero-order valence-electron chi connectivity index (χ0n) is 24.0. The summed E-state index contributed by atoms with van der Waals surface area (Å²) in [5.41, 5.74) is 2.04. The van der Waals surface area contributed by atoms with Crippen molar-refractivity contribution in [2.75, 3.05) is 24.2 Å². The average molecular weight is 580 g/mol. The molecule has 0 unspecified atom stereocenters. The van der Waals surface area contributed by atoms with Gasteiger partial charge in [0.15, 0.2) is 5.78 Å². The van der Waals surface area contributed by atoms with Crippen LogP contribution >= 0.6 is 0 Å². The number of sulfonamides is 1. The van der Waals surface area contributed by atoms with Crippen LogP contribution in [0.4, 0.5) is 5.69 Å². The van der Waals surface area contributed by atoms with Gasteiger partial charge in [0, 0.05) is 24.6 Å². The van der Waals surface area contributed by atoms with Gasteiger partial charge in [0.2, 0.25) is 21.8 Å². The van der Waals surface area contributed by atoms with Crippen LogP contribution in [0.15, 0.2) is 78.9 Å². The van der Waals surface area contributed by atoms with Crippen LogP contribution in [0, 0.1) is 0 Å². The van der Waals surface area contributed by atoms with Crippen LogP contribution in [0.3, 0.4) is 0 Å². The second-order valence-corrected chi connectivity index (χ2v) is 12.0. The second-order valence-electron chi connectivity index (χ2n) is 10.1. The van der Waals surface area contributed by atoms with E-state index in [9.17, 15) is 22.8 Å². The SMILES string of the molecule is COc1cccc(CN(C(=O)CN(c2cccc(C(C)=O)c2)S(C)(=O)=O)[C@H](Cc2ccccc2)C(=O)NC(C)C)c1. The van der Waals surface area contributed by atoms with E-state index in [0.717, 1.165) is 16.1 Å². The number of anilines is 1. The molecule has 1 atom stereocenters. The third kappa shape index (κ3) is 8.91. The van der Waals surface area contributed by atoms with Crippen molar-refractivity contribution in [1.29, 1.82) is 0 Å². The fraction of sp³-hybridized carbons (Fsp3) is 0.323. The maximum atomic E-state index is 14.1. The Morgan fingerprint density at radius 2 is 1.56 bits per heavy atom. The minimum atomic E-state index is -3.94. The molecule has 0 fully saturated rings. The Hall–Kier alpha value is -4.18. The number of rotatable bonds is 13. The molecule has 3 rings (SSSR count). The highest BCUT2D eigenvalue weighted by Crippen LogP contribution is 2.23. The number of hydrogen-bond acceptors (Lipinski definition) is 6. The molecule has 41 heavy (non-hydrogen) atoms. The van der Waals surface area contributed by atoms with Crippen molar-refractivity contribution in [3.8, 4) is 5.75 Å². The summed E-state index contributed by atoms with van der Waals surface area (Å²) in [6.07, 6.45) is 1.22. The molecule has 0 aliphatic heterocycles. The summed E-state index contributed by atoms with van der Waals surface area (Å²) in [6.45, 7) is 4.51. The number of carbonyl (C=O) groups is 3. The highest BCUT2D eigenvalue weighted by molar-refractivity contribution is 7.92. The zero-order chi connectivity index (χ0) is 30.2. The second kappa shape index (κ2) is 13.9. The van der Waals surface area contributed by atoms with Crippen molar-refractivity contribution in [3.05, 3.63) is 95.6 Å². The Labute approximate surface area is 242 Å². The van der Waals surface area contributed by atoms with E-state index < -0.39 is 28.5 Å². The van der Waals surface area contributed by atoms with E-state index in [2.05, 4.69) is 5.32 Å². The predicted molar refractivity (Wildman–Crippen MR) is 159 cm³/mol. The van der Waals surface area contributed by atoms with Gasteiger partial charge in [-0.05, 0) is 56.2 Å². The zero-order valence-corrected chi connectivity index (χ0v) is 24.9. The van der Waals surface area contributed by atoms with Gasteiger partial charge in [-0.25, -0.2) is 8.42 Å². The fourth-order valence-corrected chi connectivity index (χ4v) is 5.24. The van der Waals surface area contributed by atoms with Crippen molar-refractivity contribution in [2.45, 2.75) is 45.8 Å². The van der Waals surface area contributed by atoms with Crippen LogP contribution in [0.1, 0.15) is 42.3 Å². The van der Waals surface area contributed by atoms with Gasteiger partial charge in [-0.1, -0.05) is 54.6 Å². The molecule has 3 aromatic rings. The van der Waals surface area contributed by atoms with Crippen molar-refractivity contribution in [2.24, 2.45) is 0 Å². The number of Topliss-reactive ketones (excluding diaryl/α,β-unsaturated/α-hetero) is 1. The lowest BCUT2D eigenvalue weighted by atomic mass is 10.0.